The van der Waals surface area contributed by atoms with Gasteiger partial charge in [-0.2, -0.15) is 0 Å². The Morgan fingerprint density at radius 1 is 1.32 bits per heavy atom. The molecule has 0 aliphatic rings. The molecule has 1 N–H and O–H groups in total. The predicted molar refractivity (Wildman–Crippen MR) is 86.3 cm³/mol. The maximum Gasteiger partial charge on any atom is 0.128 e. The highest BCUT2D eigenvalue weighted by molar-refractivity contribution is 9.13. The maximum atomic E-state index is 14.0. The van der Waals surface area contributed by atoms with Gasteiger partial charge >= 0.3 is 0 Å². The average molecular weight is 407 g/mol. The molecular weight excluding hydrogens is 393 g/mol. The van der Waals surface area contributed by atoms with E-state index in [0.29, 0.717) is 5.56 Å². The minimum atomic E-state index is -0.170. The molecule has 0 aliphatic carbocycles. The number of hydrogen-bond donors (Lipinski definition) is 1. The van der Waals surface area contributed by atoms with Gasteiger partial charge in [-0.05, 0) is 57.0 Å². The third kappa shape index (κ3) is 3.66. The monoisotopic (exact) mass is 405 g/mol. The number of rotatable bonds is 5. The molecule has 1 heterocycles. The third-order valence-electron chi connectivity index (χ3n) is 2.76. The Balaban J connectivity index is 2.38. The van der Waals surface area contributed by atoms with Crippen molar-refractivity contribution in [3.8, 4) is 0 Å². The van der Waals surface area contributed by atoms with Crippen molar-refractivity contribution in [2.45, 2.75) is 19.4 Å². The summed E-state index contributed by atoms with van der Waals surface area (Å²) in [4.78, 5) is 1.09. The van der Waals surface area contributed by atoms with Crippen LogP contribution in [0.1, 0.15) is 29.8 Å². The van der Waals surface area contributed by atoms with Gasteiger partial charge in [0.1, 0.15) is 5.82 Å². The molecule has 1 nitrogen and oxygen atoms in total. The van der Waals surface area contributed by atoms with Gasteiger partial charge in [0.2, 0.25) is 0 Å². The summed E-state index contributed by atoms with van der Waals surface area (Å²) in [6, 6.07) is 8.87. The predicted octanol–water partition coefficient (Wildman–Crippen LogP) is 5.50. The lowest BCUT2D eigenvalue weighted by Gasteiger charge is -2.18. The number of thiophene rings is 1. The van der Waals surface area contributed by atoms with Gasteiger partial charge < -0.3 is 5.32 Å². The quantitative estimate of drug-likeness (QED) is 0.690. The molecule has 1 unspecified atom stereocenters. The van der Waals surface area contributed by atoms with Crippen LogP contribution in [0.3, 0.4) is 0 Å². The second kappa shape index (κ2) is 6.97. The van der Waals surface area contributed by atoms with Crippen LogP contribution < -0.4 is 5.32 Å². The second-order valence-electron chi connectivity index (χ2n) is 4.18. The average Bonchev–Trinajstić information content (AvgIpc) is 2.72. The van der Waals surface area contributed by atoms with E-state index < -0.39 is 0 Å². The molecule has 0 radical (unpaired) electrons. The molecule has 2 aromatic rings. The molecule has 102 valence electrons. The number of hydrogen-bond acceptors (Lipinski definition) is 2. The van der Waals surface area contributed by atoms with Crippen LogP contribution >= 0.6 is 43.2 Å². The highest BCUT2D eigenvalue weighted by atomic mass is 79.9. The smallest absolute Gasteiger partial charge is 0.128 e. The first-order valence-corrected chi connectivity index (χ1v) is 8.46. The minimum absolute atomic E-state index is 0.103. The topological polar surface area (TPSA) is 12.0 Å². The zero-order valence-corrected chi connectivity index (χ0v) is 14.4. The molecule has 1 aromatic carbocycles. The van der Waals surface area contributed by atoms with Gasteiger partial charge in [0.25, 0.3) is 0 Å². The normalized spacial score (nSPS) is 12.6. The molecule has 1 atom stereocenters. The van der Waals surface area contributed by atoms with Gasteiger partial charge in [-0.15, -0.1) is 11.3 Å². The summed E-state index contributed by atoms with van der Waals surface area (Å²) in [6.45, 7) is 2.96. The van der Waals surface area contributed by atoms with Crippen molar-refractivity contribution in [1.82, 2.24) is 5.32 Å². The standard InChI is InChI=1S/C14H14Br2FNS/c1-2-7-18-13(9-5-3-4-6-11(9)17)12-8-10(15)14(16)19-12/h3-6,8,13,18H,2,7H2,1H3. The molecule has 0 bridgehead atoms. The number of halogens is 3. The van der Waals surface area contributed by atoms with E-state index in [-0.39, 0.29) is 11.9 Å². The molecule has 1 aromatic heterocycles. The first-order valence-electron chi connectivity index (χ1n) is 6.06. The summed E-state index contributed by atoms with van der Waals surface area (Å²) in [5.41, 5.74) is 0.692. The van der Waals surface area contributed by atoms with Gasteiger partial charge in [-0.1, -0.05) is 25.1 Å². The Hall–Kier alpha value is -0.230. The zero-order chi connectivity index (χ0) is 13.8. The van der Waals surface area contributed by atoms with Crippen LogP contribution in [0.15, 0.2) is 38.6 Å². The van der Waals surface area contributed by atoms with Gasteiger partial charge in [-0.25, -0.2) is 4.39 Å². The molecule has 19 heavy (non-hydrogen) atoms. The first kappa shape index (κ1) is 15.2. The molecule has 0 amide bonds. The minimum Gasteiger partial charge on any atom is -0.306 e. The molecule has 5 heteroatoms. The highest BCUT2D eigenvalue weighted by Crippen LogP contribution is 2.38. The third-order valence-corrected chi connectivity index (χ3v) is 6.08. The second-order valence-corrected chi connectivity index (χ2v) is 7.44. The van der Waals surface area contributed by atoms with Crippen molar-refractivity contribution < 1.29 is 4.39 Å². The largest absolute Gasteiger partial charge is 0.306 e. The molecule has 2 rings (SSSR count). The van der Waals surface area contributed by atoms with E-state index in [1.54, 1.807) is 17.4 Å². The van der Waals surface area contributed by atoms with Crippen LogP contribution in [-0.2, 0) is 0 Å². The molecule has 0 saturated heterocycles. The van der Waals surface area contributed by atoms with Crippen molar-refractivity contribution in [3.63, 3.8) is 0 Å². The van der Waals surface area contributed by atoms with Gasteiger partial charge in [0.05, 0.1) is 9.83 Å². The molecule has 0 aliphatic heterocycles. The van der Waals surface area contributed by atoms with Crippen molar-refractivity contribution in [1.29, 1.82) is 0 Å². The fourth-order valence-corrected chi connectivity index (χ4v) is 4.05. The Morgan fingerprint density at radius 3 is 2.63 bits per heavy atom. The lowest BCUT2D eigenvalue weighted by molar-refractivity contribution is 0.551. The Kier molecular flexibility index (Phi) is 5.57. The molecule has 0 spiro atoms. The summed E-state index contributed by atoms with van der Waals surface area (Å²) < 4.78 is 16.0. The van der Waals surface area contributed by atoms with E-state index in [1.165, 1.54) is 6.07 Å². The van der Waals surface area contributed by atoms with Crippen LogP contribution in [0.5, 0.6) is 0 Å². The van der Waals surface area contributed by atoms with Crippen LogP contribution in [-0.4, -0.2) is 6.54 Å². The zero-order valence-electron chi connectivity index (χ0n) is 10.4. The Morgan fingerprint density at radius 2 is 2.05 bits per heavy atom. The summed E-state index contributed by atoms with van der Waals surface area (Å²) >= 11 is 8.60. The number of benzene rings is 1. The lowest BCUT2D eigenvalue weighted by Crippen LogP contribution is -2.23. The van der Waals surface area contributed by atoms with Gasteiger partial charge in [-0.3, -0.25) is 0 Å². The van der Waals surface area contributed by atoms with Crippen molar-refractivity contribution >= 4 is 43.2 Å². The Bertz CT molecular complexity index is 537. The Labute approximate surface area is 133 Å². The summed E-state index contributed by atoms with van der Waals surface area (Å²) in [7, 11) is 0. The van der Waals surface area contributed by atoms with E-state index in [2.05, 4.69) is 44.1 Å². The van der Waals surface area contributed by atoms with Crippen molar-refractivity contribution in [2.75, 3.05) is 6.54 Å². The van der Waals surface area contributed by atoms with E-state index in [0.717, 1.165) is 26.1 Å². The summed E-state index contributed by atoms with van der Waals surface area (Å²) in [5.74, 6) is -0.170. The molecule has 0 fully saturated rings. The summed E-state index contributed by atoms with van der Waals surface area (Å²) in [5, 5.41) is 3.41. The van der Waals surface area contributed by atoms with E-state index >= 15 is 0 Å². The fraction of sp³-hybridized carbons (Fsp3) is 0.286. The first-order chi connectivity index (χ1) is 9.13. The van der Waals surface area contributed by atoms with Crippen LogP contribution in [0, 0.1) is 5.82 Å². The van der Waals surface area contributed by atoms with Crippen molar-refractivity contribution in [2.24, 2.45) is 0 Å². The maximum absolute atomic E-state index is 14.0. The van der Waals surface area contributed by atoms with E-state index in [1.807, 2.05) is 18.2 Å². The van der Waals surface area contributed by atoms with Crippen LogP contribution in [0.4, 0.5) is 4.39 Å². The fourth-order valence-electron chi connectivity index (χ4n) is 1.87. The van der Waals surface area contributed by atoms with Crippen molar-refractivity contribution in [3.05, 3.63) is 54.8 Å². The van der Waals surface area contributed by atoms with Crippen LogP contribution in [0.2, 0.25) is 0 Å². The molecule has 0 saturated carbocycles. The van der Waals surface area contributed by atoms with Crippen LogP contribution in [0.25, 0.3) is 0 Å². The van der Waals surface area contributed by atoms with E-state index in [4.69, 9.17) is 0 Å². The molecular formula is C14H14Br2FNS. The van der Waals surface area contributed by atoms with Gasteiger partial charge in [0, 0.05) is 14.9 Å². The lowest BCUT2D eigenvalue weighted by atomic mass is 10.0. The van der Waals surface area contributed by atoms with E-state index in [9.17, 15) is 4.39 Å². The SMILES string of the molecule is CCCNC(c1cc(Br)c(Br)s1)c1ccccc1F. The summed E-state index contributed by atoms with van der Waals surface area (Å²) in [6.07, 6.45) is 1.01. The highest BCUT2D eigenvalue weighted by Gasteiger charge is 2.20. The number of nitrogens with one attached hydrogen (secondary N) is 1. The van der Waals surface area contributed by atoms with Gasteiger partial charge in [0.15, 0.2) is 0 Å².